The molecule has 30 heavy (non-hydrogen) atoms. The van der Waals surface area contributed by atoms with E-state index in [1.54, 1.807) is 24.3 Å². The van der Waals surface area contributed by atoms with Crippen LogP contribution in [0.3, 0.4) is 0 Å². The minimum Gasteiger partial charge on any atom is -0.490 e. The highest BCUT2D eigenvalue weighted by molar-refractivity contribution is 5.99. The summed E-state index contributed by atoms with van der Waals surface area (Å²) in [5, 5.41) is 1.12. The Morgan fingerprint density at radius 2 is 1.33 bits per heavy atom. The molecule has 0 saturated carbocycles. The first kappa shape index (κ1) is 20.7. The van der Waals surface area contributed by atoms with Crippen molar-refractivity contribution in [3.05, 3.63) is 86.0 Å². The lowest BCUT2D eigenvalue weighted by Gasteiger charge is -2.16. The number of esters is 2. The van der Waals surface area contributed by atoms with E-state index >= 15 is 0 Å². The van der Waals surface area contributed by atoms with Crippen LogP contribution in [0.5, 0.6) is 23.0 Å². The van der Waals surface area contributed by atoms with E-state index in [1.807, 2.05) is 30.3 Å². The highest BCUT2D eigenvalue weighted by Gasteiger charge is 2.18. The second-order valence-electron chi connectivity index (χ2n) is 6.01. The second kappa shape index (κ2) is 9.93. The zero-order valence-electron chi connectivity index (χ0n) is 16.2. The third-order valence-corrected chi connectivity index (χ3v) is 4.02. The number of carbonyl (C=O) groups excluding carboxylic acids is 2. The van der Waals surface area contributed by atoms with Crippen molar-refractivity contribution in [3.8, 4) is 23.0 Å². The summed E-state index contributed by atoms with van der Waals surface area (Å²) in [4.78, 5) is 23.6. The van der Waals surface area contributed by atoms with Gasteiger partial charge in [0, 0.05) is 29.0 Å². The Balaban J connectivity index is 1.91. The van der Waals surface area contributed by atoms with E-state index in [-0.39, 0.29) is 30.5 Å². The van der Waals surface area contributed by atoms with Gasteiger partial charge in [-0.3, -0.25) is 0 Å². The van der Waals surface area contributed by atoms with Crippen molar-refractivity contribution in [2.75, 3.05) is 13.2 Å². The van der Waals surface area contributed by atoms with Crippen LogP contribution in [0.25, 0.3) is 10.8 Å². The first-order valence-corrected chi connectivity index (χ1v) is 9.17. The molecule has 0 spiro atoms. The number of rotatable bonds is 9. The van der Waals surface area contributed by atoms with Crippen LogP contribution in [0.2, 0.25) is 0 Å². The average Bonchev–Trinajstić information content (AvgIpc) is 2.79. The van der Waals surface area contributed by atoms with Gasteiger partial charge in [-0.1, -0.05) is 55.6 Å². The van der Waals surface area contributed by atoms with Gasteiger partial charge in [0.2, 0.25) is 0 Å². The van der Waals surface area contributed by atoms with Gasteiger partial charge in [-0.2, -0.15) is 0 Å². The molecule has 6 nitrogen and oxygen atoms in total. The van der Waals surface area contributed by atoms with Crippen LogP contribution in [0.15, 0.2) is 86.0 Å². The predicted molar refractivity (Wildman–Crippen MR) is 113 cm³/mol. The molecule has 152 valence electrons. The van der Waals surface area contributed by atoms with Crippen molar-refractivity contribution in [3.63, 3.8) is 0 Å². The van der Waals surface area contributed by atoms with Crippen LogP contribution in [0.4, 0.5) is 0 Å². The van der Waals surface area contributed by atoms with E-state index in [0.29, 0.717) is 16.5 Å². The number of para-hydroxylation sites is 1. The molecule has 0 bridgehead atoms. The number of fused-ring (bicyclic) bond motifs is 1. The lowest BCUT2D eigenvalue weighted by atomic mass is 10.1. The standard InChI is InChI=1S/C24H20O6/c1-3-22(25)29-20-16-21(28-15-14-27-17-10-6-5-7-11-17)24(30-23(26)4-2)19-13-9-8-12-18(19)20/h3-13,16H,1-2,14-15H2. The summed E-state index contributed by atoms with van der Waals surface area (Å²) in [7, 11) is 0. The number of hydrogen-bond acceptors (Lipinski definition) is 6. The molecule has 6 heteroatoms. The average molecular weight is 404 g/mol. The summed E-state index contributed by atoms with van der Waals surface area (Å²) in [6.45, 7) is 7.27. The monoisotopic (exact) mass is 404 g/mol. The van der Waals surface area contributed by atoms with Crippen molar-refractivity contribution >= 4 is 22.7 Å². The molecule has 3 aromatic rings. The van der Waals surface area contributed by atoms with E-state index < -0.39 is 11.9 Å². The summed E-state index contributed by atoms with van der Waals surface area (Å²) in [6.07, 6.45) is 2.12. The topological polar surface area (TPSA) is 71.1 Å². The minimum absolute atomic E-state index is 0.167. The normalized spacial score (nSPS) is 10.1. The zero-order valence-corrected chi connectivity index (χ0v) is 16.2. The third-order valence-electron chi connectivity index (χ3n) is 4.02. The summed E-state index contributed by atoms with van der Waals surface area (Å²) in [5.41, 5.74) is 0. The molecule has 0 aliphatic heterocycles. The van der Waals surface area contributed by atoms with Crippen LogP contribution in [0, 0.1) is 0 Å². The smallest absolute Gasteiger partial charge is 0.335 e. The highest BCUT2D eigenvalue weighted by Crippen LogP contribution is 2.42. The molecule has 0 atom stereocenters. The van der Waals surface area contributed by atoms with Gasteiger partial charge in [-0.25, -0.2) is 9.59 Å². The fraction of sp³-hybridized carbons (Fsp3) is 0.0833. The molecule has 0 radical (unpaired) electrons. The van der Waals surface area contributed by atoms with E-state index in [2.05, 4.69) is 13.2 Å². The van der Waals surface area contributed by atoms with E-state index in [4.69, 9.17) is 18.9 Å². The number of benzene rings is 3. The molecule has 0 aliphatic rings. The van der Waals surface area contributed by atoms with Crippen LogP contribution in [-0.2, 0) is 9.59 Å². The molecule has 0 heterocycles. The summed E-state index contributed by atoms with van der Waals surface area (Å²) in [6, 6.07) is 17.8. The second-order valence-corrected chi connectivity index (χ2v) is 6.01. The van der Waals surface area contributed by atoms with Gasteiger partial charge in [-0.05, 0) is 12.1 Å². The van der Waals surface area contributed by atoms with Crippen LogP contribution >= 0.6 is 0 Å². The molecule has 0 unspecified atom stereocenters. The van der Waals surface area contributed by atoms with Gasteiger partial charge in [0.05, 0.1) is 0 Å². The Kier molecular flexibility index (Phi) is 6.84. The molecule has 0 amide bonds. The number of hydrogen-bond donors (Lipinski definition) is 0. The van der Waals surface area contributed by atoms with Crippen molar-refractivity contribution in [1.82, 2.24) is 0 Å². The predicted octanol–water partition coefficient (Wildman–Crippen LogP) is 4.48. The van der Waals surface area contributed by atoms with Gasteiger partial charge in [0.25, 0.3) is 0 Å². The van der Waals surface area contributed by atoms with Crippen LogP contribution < -0.4 is 18.9 Å². The maximum atomic E-state index is 11.9. The fourth-order valence-corrected chi connectivity index (χ4v) is 2.71. The molecule has 0 fully saturated rings. The number of ether oxygens (including phenoxy) is 4. The van der Waals surface area contributed by atoms with E-state index in [1.165, 1.54) is 6.07 Å². The molecule has 3 rings (SSSR count). The Morgan fingerprint density at radius 3 is 2.03 bits per heavy atom. The largest absolute Gasteiger partial charge is 0.490 e. The maximum absolute atomic E-state index is 11.9. The Labute approximate surface area is 173 Å². The van der Waals surface area contributed by atoms with Gasteiger partial charge in [-0.15, -0.1) is 0 Å². The highest BCUT2D eigenvalue weighted by atomic mass is 16.6. The summed E-state index contributed by atoms with van der Waals surface area (Å²) >= 11 is 0. The first-order valence-electron chi connectivity index (χ1n) is 9.17. The van der Waals surface area contributed by atoms with Crippen molar-refractivity contribution < 1.29 is 28.5 Å². The molecule has 0 aliphatic carbocycles. The van der Waals surface area contributed by atoms with Crippen molar-refractivity contribution in [1.29, 1.82) is 0 Å². The Hall–Kier alpha value is -4.06. The van der Waals surface area contributed by atoms with Gasteiger partial charge in [0.1, 0.15) is 24.7 Å². The van der Waals surface area contributed by atoms with Gasteiger partial charge >= 0.3 is 11.9 Å². The minimum atomic E-state index is -0.638. The van der Waals surface area contributed by atoms with E-state index in [0.717, 1.165) is 12.2 Å². The van der Waals surface area contributed by atoms with Gasteiger partial charge < -0.3 is 18.9 Å². The Morgan fingerprint density at radius 1 is 0.733 bits per heavy atom. The Bertz CT molecular complexity index is 1070. The summed E-state index contributed by atoms with van der Waals surface area (Å²) in [5.74, 6) is 0.142. The SMILES string of the molecule is C=CC(=O)Oc1cc(OCCOc2ccccc2)c(OC(=O)C=C)c2ccccc12. The third kappa shape index (κ3) is 5.05. The quantitative estimate of drug-likeness (QED) is 0.227. The molecule has 0 saturated heterocycles. The molecule has 0 aromatic heterocycles. The fourth-order valence-electron chi connectivity index (χ4n) is 2.71. The molecule has 3 aromatic carbocycles. The zero-order chi connectivity index (χ0) is 21.3. The maximum Gasteiger partial charge on any atom is 0.335 e. The van der Waals surface area contributed by atoms with Crippen molar-refractivity contribution in [2.45, 2.75) is 0 Å². The molecular weight excluding hydrogens is 384 g/mol. The first-order chi connectivity index (χ1) is 14.6. The summed E-state index contributed by atoms with van der Waals surface area (Å²) < 4.78 is 22.2. The van der Waals surface area contributed by atoms with E-state index in [9.17, 15) is 9.59 Å². The lowest BCUT2D eigenvalue weighted by molar-refractivity contribution is -0.130. The van der Waals surface area contributed by atoms with Gasteiger partial charge in [0.15, 0.2) is 11.5 Å². The van der Waals surface area contributed by atoms with Crippen molar-refractivity contribution in [2.24, 2.45) is 0 Å². The molecule has 0 N–H and O–H groups in total. The lowest BCUT2D eigenvalue weighted by Crippen LogP contribution is -2.12. The van der Waals surface area contributed by atoms with Crippen LogP contribution in [-0.4, -0.2) is 25.2 Å². The molecular formula is C24H20O6. The van der Waals surface area contributed by atoms with Crippen LogP contribution in [0.1, 0.15) is 0 Å². The number of carbonyl (C=O) groups is 2.